The Hall–Kier alpha value is -2.02. The number of rotatable bonds is 6. The Morgan fingerprint density at radius 2 is 1.82 bits per heavy atom. The number of thiazole rings is 1. The van der Waals surface area contributed by atoms with Gasteiger partial charge < -0.3 is 4.90 Å². The van der Waals surface area contributed by atoms with E-state index in [9.17, 15) is 9.18 Å². The summed E-state index contributed by atoms with van der Waals surface area (Å²) in [6.45, 7) is 5.41. The van der Waals surface area contributed by atoms with Crippen LogP contribution < -0.4 is 4.90 Å². The summed E-state index contributed by atoms with van der Waals surface area (Å²) >= 11 is 1.47. The number of fused-ring (bicyclic) bond motifs is 1. The summed E-state index contributed by atoms with van der Waals surface area (Å²) < 4.78 is 15.2. The van der Waals surface area contributed by atoms with Gasteiger partial charge in [-0.15, -0.1) is 12.4 Å². The Kier molecular flexibility index (Phi) is 7.52. The van der Waals surface area contributed by atoms with Crippen LogP contribution in [0.4, 0.5) is 9.52 Å². The van der Waals surface area contributed by atoms with E-state index in [4.69, 9.17) is 4.98 Å². The molecule has 0 saturated heterocycles. The number of anilines is 1. The third-order valence-corrected chi connectivity index (χ3v) is 5.68. The lowest BCUT2D eigenvalue weighted by molar-refractivity contribution is 0.0982. The lowest BCUT2D eigenvalue weighted by atomic mass is 10.1. The van der Waals surface area contributed by atoms with E-state index in [1.165, 1.54) is 29.0 Å². The van der Waals surface area contributed by atoms with Gasteiger partial charge in [-0.25, -0.2) is 9.37 Å². The summed E-state index contributed by atoms with van der Waals surface area (Å²) in [6.07, 6.45) is 0.779. The minimum atomic E-state index is -0.506. The molecule has 0 bridgehead atoms. The summed E-state index contributed by atoms with van der Waals surface area (Å²) in [5, 5.41) is 0.616. The maximum atomic E-state index is 14.2. The number of aryl methyl sites for hydroxylation is 2. The molecular weight excluding hydrogens is 397 g/mol. The molecule has 2 aromatic carbocycles. The maximum absolute atomic E-state index is 14.2. The van der Waals surface area contributed by atoms with Crippen LogP contribution in [-0.2, 0) is 0 Å². The van der Waals surface area contributed by atoms with Crippen LogP contribution in [0, 0.1) is 19.7 Å². The molecule has 0 fully saturated rings. The molecule has 1 aromatic heterocycles. The van der Waals surface area contributed by atoms with E-state index >= 15 is 0 Å². The van der Waals surface area contributed by atoms with Crippen LogP contribution in [0.15, 0.2) is 36.4 Å². The second-order valence-corrected chi connectivity index (χ2v) is 7.95. The Morgan fingerprint density at radius 3 is 2.50 bits per heavy atom. The van der Waals surface area contributed by atoms with E-state index in [2.05, 4.69) is 11.0 Å². The summed E-state index contributed by atoms with van der Waals surface area (Å²) in [5.41, 5.74) is 3.27. The molecule has 0 aliphatic carbocycles. The van der Waals surface area contributed by atoms with E-state index in [0.717, 1.165) is 28.7 Å². The maximum Gasteiger partial charge on any atom is 0.263 e. The van der Waals surface area contributed by atoms with Crippen molar-refractivity contribution in [2.45, 2.75) is 20.3 Å². The van der Waals surface area contributed by atoms with Gasteiger partial charge >= 0.3 is 0 Å². The Bertz CT molecular complexity index is 973. The predicted octanol–water partition coefficient (Wildman–Crippen LogP) is 5.07. The summed E-state index contributed by atoms with van der Waals surface area (Å²) in [6, 6.07) is 10.2. The minimum absolute atomic E-state index is 0. The molecule has 0 N–H and O–H groups in total. The number of benzene rings is 2. The molecule has 1 heterocycles. The fourth-order valence-electron chi connectivity index (χ4n) is 2.94. The van der Waals surface area contributed by atoms with E-state index < -0.39 is 5.82 Å². The molecule has 28 heavy (non-hydrogen) atoms. The zero-order chi connectivity index (χ0) is 19.6. The quantitative estimate of drug-likeness (QED) is 0.557. The molecule has 1 amide bonds. The lowest BCUT2D eigenvalue weighted by Crippen LogP contribution is -2.34. The lowest BCUT2D eigenvalue weighted by Gasteiger charge is -2.21. The number of carbonyl (C=O) groups excluding carboxylic acids is 1. The minimum Gasteiger partial charge on any atom is -0.309 e. The number of nitrogens with zero attached hydrogens (tertiary/aromatic N) is 3. The van der Waals surface area contributed by atoms with Crippen LogP contribution in [0.2, 0.25) is 0 Å². The fraction of sp³-hybridized carbons (Fsp3) is 0.333. The standard InChI is InChI=1S/C21H24FN3OS.ClH/c1-14-10-11-18-19(15(14)2)23-21(27-18)25(13-7-12-24(3)4)20(26)16-8-5-6-9-17(16)22;/h5-6,8-11H,7,12-13H2,1-4H3;1H. The zero-order valence-electron chi connectivity index (χ0n) is 16.5. The van der Waals surface area contributed by atoms with Crippen molar-refractivity contribution in [2.75, 3.05) is 32.1 Å². The van der Waals surface area contributed by atoms with Crippen molar-refractivity contribution in [1.82, 2.24) is 9.88 Å². The number of halogens is 2. The van der Waals surface area contributed by atoms with Gasteiger partial charge in [0.2, 0.25) is 0 Å². The Morgan fingerprint density at radius 1 is 1.11 bits per heavy atom. The van der Waals surface area contributed by atoms with Crippen molar-refractivity contribution < 1.29 is 9.18 Å². The number of amides is 1. The Balaban J connectivity index is 0.00000280. The largest absolute Gasteiger partial charge is 0.309 e. The molecule has 0 unspecified atom stereocenters. The van der Waals surface area contributed by atoms with Gasteiger partial charge in [0.15, 0.2) is 5.13 Å². The van der Waals surface area contributed by atoms with Gasteiger partial charge in [-0.05, 0) is 70.2 Å². The number of carbonyl (C=O) groups is 1. The summed E-state index contributed by atoms with van der Waals surface area (Å²) in [4.78, 5) is 21.5. The Labute approximate surface area is 175 Å². The molecule has 0 spiro atoms. The van der Waals surface area contributed by atoms with Crippen molar-refractivity contribution in [3.05, 3.63) is 58.9 Å². The van der Waals surface area contributed by atoms with Gasteiger partial charge in [-0.3, -0.25) is 9.69 Å². The normalized spacial score (nSPS) is 10.9. The van der Waals surface area contributed by atoms with Crippen molar-refractivity contribution >= 4 is 45.0 Å². The van der Waals surface area contributed by atoms with Crippen LogP contribution in [-0.4, -0.2) is 43.0 Å². The van der Waals surface area contributed by atoms with Crippen LogP contribution in [0.1, 0.15) is 27.9 Å². The number of aromatic nitrogens is 1. The second-order valence-electron chi connectivity index (χ2n) is 6.94. The zero-order valence-corrected chi connectivity index (χ0v) is 18.2. The van der Waals surface area contributed by atoms with Gasteiger partial charge in [0, 0.05) is 6.54 Å². The van der Waals surface area contributed by atoms with Gasteiger partial charge in [-0.1, -0.05) is 29.5 Å². The second kappa shape index (κ2) is 9.45. The first-order chi connectivity index (χ1) is 12.9. The highest BCUT2D eigenvalue weighted by Gasteiger charge is 2.23. The van der Waals surface area contributed by atoms with E-state index in [0.29, 0.717) is 11.7 Å². The van der Waals surface area contributed by atoms with Crippen molar-refractivity contribution in [3.63, 3.8) is 0 Å². The van der Waals surface area contributed by atoms with E-state index in [-0.39, 0.29) is 23.9 Å². The molecule has 0 aliphatic heterocycles. The van der Waals surface area contributed by atoms with E-state index in [1.807, 2.05) is 34.0 Å². The number of hydrogen-bond acceptors (Lipinski definition) is 4. The number of hydrogen-bond donors (Lipinski definition) is 0. The fourth-order valence-corrected chi connectivity index (χ4v) is 3.99. The van der Waals surface area contributed by atoms with Gasteiger partial charge in [0.25, 0.3) is 5.91 Å². The third kappa shape index (κ3) is 4.69. The smallest absolute Gasteiger partial charge is 0.263 e. The first-order valence-corrected chi connectivity index (χ1v) is 9.78. The highest BCUT2D eigenvalue weighted by molar-refractivity contribution is 7.22. The molecule has 0 atom stereocenters. The average Bonchev–Trinajstić information content (AvgIpc) is 3.06. The first kappa shape index (κ1) is 22.3. The first-order valence-electron chi connectivity index (χ1n) is 8.96. The highest BCUT2D eigenvalue weighted by Crippen LogP contribution is 2.33. The molecule has 0 radical (unpaired) electrons. The van der Waals surface area contributed by atoms with Crippen molar-refractivity contribution in [1.29, 1.82) is 0 Å². The van der Waals surface area contributed by atoms with Gasteiger partial charge in [0.05, 0.1) is 15.8 Å². The van der Waals surface area contributed by atoms with Crippen molar-refractivity contribution in [2.24, 2.45) is 0 Å². The SMILES string of the molecule is Cc1ccc2sc(N(CCCN(C)C)C(=O)c3ccccc3F)nc2c1C.Cl. The monoisotopic (exact) mass is 421 g/mol. The molecular formula is C21H25ClFN3OS. The average molecular weight is 422 g/mol. The van der Waals surface area contributed by atoms with E-state index in [1.54, 1.807) is 17.0 Å². The highest BCUT2D eigenvalue weighted by atomic mass is 35.5. The molecule has 7 heteroatoms. The molecule has 150 valence electrons. The van der Waals surface area contributed by atoms with Gasteiger partial charge in [-0.2, -0.15) is 0 Å². The van der Waals surface area contributed by atoms with Crippen LogP contribution in [0.25, 0.3) is 10.2 Å². The van der Waals surface area contributed by atoms with Crippen LogP contribution >= 0.6 is 23.7 Å². The van der Waals surface area contributed by atoms with Crippen LogP contribution in [0.3, 0.4) is 0 Å². The molecule has 0 saturated carbocycles. The molecule has 3 aromatic rings. The van der Waals surface area contributed by atoms with Gasteiger partial charge in [0.1, 0.15) is 5.82 Å². The molecule has 3 rings (SSSR count). The molecule has 4 nitrogen and oxygen atoms in total. The predicted molar refractivity (Wildman–Crippen MR) is 118 cm³/mol. The third-order valence-electron chi connectivity index (χ3n) is 4.64. The topological polar surface area (TPSA) is 36.4 Å². The summed E-state index contributed by atoms with van der Waals surface area (Å²) in [5.74, 6) is -0.853. The summed E-state index contributed by atoms with van der Waals surface area (Å²) in [7, 11) is 3.99. The van der Waals surface area contributed by atoms with Crippen molar-refractivity contribution in [3.8, 4) is 0 Å². The van der Waals surface area contributed by atoms with Crippen LogP contribution in [0.5, 0.6) is 0 Å². The molecule has 0 aliphatic rings.